The van der Waals surface area contributed by atoms with E-state index < -0.39 is 30.5 Å². The van der Waals surface area contributed by atoms with Crippen LogP contribution in [0.25, 0.3) is 0 Å². The molecule has 0 aromatic heterocycles. The summed E-state index contributed by atoms with van der Waals surface area (Å²) >= 11 is 0. The lowest BCUT2D eigenvalue weighted by molar-refractivity contribution is -0.135. The number of nitrogens with one attached hydrogen (secondary N) is 2. The Balaban J connectivity index is 1.20. The lowest BCUT2D eigenvalue weighted by Crippen LogP contribution is -2.51. The summed E-state index contributed by atoms with van der Waals surface area (Å²) in [5, 5.41) is 0. The minimum Gasteiger partial charge on any atom is -0.489 e. The molecule has 1 unspecified atom stereocenters. The minimum atomic E-state index is -0.934. The van der Waals surface area contributed by atoms with E-state index in [0.29, 0.717) is 23.9 Å². The minimum absolute atomic E-state index is 0.00358. The predicted octanol–water partition coefficient (Wildman–Crippen LogP) is 2.41. The zero-order valence-corrected chi connectivity index (χ0v) is 18.1. The molecular formula is C25H22N2O7. The summed E-state index contributed by atoms with van der Waals surface area (Å²) in [5.41, 5.74) is 5.64. The quantitative estimate of drug-likeness (QED) is 0.410. The van der Waals surface area contributed by atoms with Gasteiger partial charge in [0.2, 0.25) is 6.10 Å². The fourth-order valence-electron chi connectivity index (χ4n) is 3.06. The molecule has 0 saturated carbocycles. The number of esters is 1. The van der Waals surface area contributed by atoms with Crippen molar-refractivity contribution in [1.82, 2.24) is 10.9 Å². The summed E-state index contributed by atoms with van der Waals surface area (Å²) < 4.78 is 21.7. The second-order valence-electron chi connectivity index (χ2n) is 7.28. The topological polar surface area (TPSA) is 112 Å². The third-order valence-electron chi connectivity index (χ3n) is 4.78. The molecule has 9 heteroatoms. The van der Waals surface area contributed by atoms with Gasteiger partial charge in [0.15, 0.2) is 18.1 Å². The van der Waals surface area contributed by atoms with E-state index in [1.807, 2.05) is 30.3 Å². The van der Waals surface area contributed by atoms with Crippen LogP contribution in [-0.4, -0.2) is 37.1 Å². The number of carbonyl (C=O) groups is 3. The first-order valence-corrected chi connectivity index (χ1v) is 10.5. The van der Waals surface area contributed by atoms with Crippen LogP contribution < -0.4 is 25.1 Å². The third-order valence-corrected chi connectivity index (χ3v) is 4.78. The number of carbonyl (C=O) groups excluding carboxylic acids is 3. The van der Waals surface area contributed by atoms with Gasteiger partial charge in [-0.1, -0.05) is 48.5 Å². The molecular weight excluding hydrogens is 440 g/mol. The highest BCUT2D eigenvalue weighted by atomic mass is 16.6. The Morgan fingerprint density at radius 1 is 0.882 bits per heavy atom. The van der Waals surface area contributed by atoms with Gasteiger partial charge >= 0.3 is 5.97 Å². The SMILES string of the molecule is O=C(COC(=O)c1cccc(OCc2ccccc2)c1)NNC(=O)C1COc2ccccc2O1. The van der Waals surface area contributed by atoms with E-state index in [1.165, 1.54) is 6.07 Å². The molecule has 174 valence electrons. The van der Waals surface area contributed by atoms with Gasteiger partial charge in [-0.25, -0.2) is 4.79 Å². The number of hydrogen-bond acceptors (Lipinski definition) is 7. The molecule has 0 spiro atoms. The normalized spacial score (nSPS) is 13.9. The predicted molar refractivity (Wildman–Crippen MR) is 120 cm³/mol. The van der Waals surface area contributed by atoms with Gasteiger partial charge in [-0.15, -0.1) is 0 Å². The van der Waals surface area contributed by atoms with Gasteiger partial charge in [-0.2, -0.15) is 0 Å². The summed E-state index contributed by atoms with van der Waals surface area (Å²) in [6, 6.07) is 23.0. The van der Waals surface area contributed by atoms with Crippen molar-refractivity contribution in [2.75, 3.05) is 13.2 Å². The number of fused-ring (bicyclic) bond motifs is 1. The Morgan fingerprint density at radius 3 is 2.47 bits per heavy atom. The lowest BCUT2D eigenvalue weighted by Gasteiger charge is -2.25. The van der Waals surface area contributed by atoms with Crippen LogP contribution in [0.5, 0.6) is 17.2 Å². The van der Waals surface area contributed by atoms with Gasteiger partial charge < -0.3 is 18.9 Å². The zero-order valence-electron chi connectivity index (χ0n) is 18.1. The fourth-order valence-corrected chi connectivity index (χ4v) is 3.06. The smallest absolute Gasteiger partial charge is 0.338 e. The Bertz CT molecular complexity index is 1170. The third kappa shape index (κ3) is 6.04. The Labute approximate surface area is 195 Å². The van der Waals surface area contributed by atoms with Crippen LogP contribution in [-0.2, 0) is 20.9 Å². The monoisotopic (exact) mass is 462 g/mol. The van der Waals surface area contributed by atoms with Crippen LogP contribution in [0.1, 0.15) is 15.9 Å². The van der Waals surface area contributed by atoms with E-state index in [4.69, 9.17) is 18.9 Å². The molecule has 1 heterocycles. The maximum Gasteiger partial charge on any atom is 0.338 e. The fraction of sp³-hybridized carbons (Fsp3) is 0.160. The Kier molecular flexibility index (Phi) is 7.24. The van der Waals surface area contributed by atoms with Crippen molar-refractivity contribution in [3.8, 4) is 17.2 Å². The second kappa shape index (κ2) is 10.9. The largest absolute Gasteiger partial charge is 0.489 e. The highest BCUT2D eigenvalue weighted by Crippen LogP contribution is 2.30. The molecule has 1 atom stereocenters. The van der Waals surface area contributed by atoms with Crippen molar-refractivity contribution in [3.05, 3.63) is 90.0 Å². The van der Waals surface area contributed by atoms with Gasteiger partial charge in [-0.05, 0) is 35.9 Å². The molecule has 3 aromatic rings. The van der Waals surface area contributed by atoms with E-state index in [0.717, 1.165) is 5.56 Å². The molecule has 0 saturated heterocycles. The van der Waals surface area contributed by atoms with Gasteiger partial charge in [-0.3, -0.25) is 20.4 Å². The molecule has 0 radical (unpaired) electrons. The summed E-state index contributed by atoms with van der Waals surface area (Å²) in [5.74, 6) is -0.549. The van der Waals surface area contributed by atoms with Crippen LogP contribution in [0.4, 0.5) is 0 Å². The number of rotatable bonds is 7. The first-order valence-electron chi connectivity index (χ1n) is 10.5. The van der Waals surface area contributed by atoms with Gasteiger partial charge in [0, 0.05) is 0 Å². The summed E-state index contributed by atoms with van der Waals surface area (Å²) in [7, 11) is 0. The molecule has 34 heavy (non-hydrogen) atoms. The van der Waals surface area contributed by atoms with Crippen molar-refractivity contribution in [1.29, 1.82) is 0 Å². The van der Waals surface area contributed by atoms with E-state index in [2.05, 4.69) is 10.9 Å². The molecule has 2 amide bonds. The van der Waals surface area contributed by atoms with Crippen molar-refractivity contribution in [2.45, 2.75) is 12.7 Å². The van der Waals surface area contributed by atoms with Crippen molar-refractivity contribution >= 4 is 17.8 Å². The van der Waals surface area contributed by atoms with E-state index in [1.54, 1.807) is 42.5 Å². The van der Waals surface area contributed by atoms with Crippen molar-refractivity contribution in [2.24, 2.45) is 0 Å². The molecule has 1 aliphatic heterocycles. The second-order valence-corrected chi connectivity index (χ2v) is 7.28. The van der Waals surface area contributed by atoms with Crippen molar-refractivity contribution < 1.29 is 33.3 Å². The molecule has 2 N–H and O–H groups in total. The molecule has 0 bridgehead atoms. The number of hydrogen-bond donors (Lipinski definition) is 2. The standard InChI is InChI=1S/C25H22N2O7/c28-23(26-27-24(29)22-15-32-20-11-4-5-12-21(20)34-22)16-33-25(30)18-9-6-10-19(13-18)31-14-17-7-2-1-3-8-17/h1-13,22H,14-16H2,(H,26,28)(H,27,29). The average molecular weight is 462 g/mol. The molecule has 3 aromatic carbocycles. The van der Waals surface area contributed by atoms with Crippen LogP contribution >= 0.6 is 0 Å². The summed E-state index contributed by atoms with van der Waals surface area (Å²) in [4.78, 5) is 36.5. The van der Waals surface area contributed by atoms with E-state index in [9.17, 15) is 14.4 Å². The highest BCUT2D eigenvalue weighted by molar-refractivity contribution is 5.92. The number of benzene rings is 3. The van der Waals surface area contributed by atoms with Gasteiger partial charge in [0.1, 0.15) is 19.0 Å². The number of ether oxygens (including phenoxy) is 4. The molecule has 4 rings (SSSR count). The lowest BCUT2D eigenvalue weighted by atomic mass is 10.2. The number of hydrazine groups is 1. The van der Waals surface area contributed by atoms with Crippen LogP contribution in [0, 0.1) is 0 Å². The first kappa shape index (κ1) is 22.7. The molecule has 9 nitrogen and oxygen atoms in total. The molecule has 1 aliphatic rings. The number of para-hydroxylation sites is 2. The molecule has 0 aliphatic carbocycles. The van der Waals surface area contributed by atoms with Crippen LogP contribution in [0.15, 0.2) is 78.9 Å². The maximum atomic E-state index is 12.3. The average Bonchev–Trinajstić information content (AvgIpc) is 2.89. The van der Waals surface area contributed by atoms with Gasteiger partial charge in [0.05, 0.1) is 5.56 Å². The van der Waals surface area contributed by atoms with Crippen LogP contribution in [0.3, 0.4) is 0 Å². The van der Waals surface area contributed by atoms with Crippen molar-refractivity contribution in [3.63, 3.8) is 0 Å². The summed E-state index contributed by atoms with van der Waals surface area (Å²) in [6.07, 6.45) is -0.934. The Hall–Kier alpha value is -4.53. The van der Waals surface area contributed by atoms with E-state index >= 15 is 0 Å². The van der Waals surface area contributed by atoms with E-state index in [-0.39, 0.29) is 12.2 Å². The maximum absolute atomic E-state index is 12.3. The zero-order chi connectivity index (χ0) is 23.8. The van der Waals surface area contributed by atoms with Crippen LogP contribution in [0.2, 0.25) is 0 Å². The first-order chi connectivity index (χ1) is 16.6. The molecule has 0 fully saturated rings. The Morgan fingerprint density at radius 2 is 1.65 bits per heavy atom. The summed E-state index contributed by atoms with van der Waals surface area (Å²) in [6.45, 7) is -0.238. The highest BCUT2D eigenvalue weighted by Gasteiger charge is 2.27. The van der Waals surface area contributed by atoms with Gasteiger partial charge in [0.25, 0.3) is 11.8 Å². The number of amides is 2.